The predicted octanol–water partition coefficient (Wildman–Crippen LogP) is 1.04. The zero-order valence-electron chi connectivity index (χ0n) is 8.52. The van der Waals surface area contributed by atoms with E-state index in [9.17, 15) is 4.79 Å². The highest BCUT2D eigenvalue weighted by molar-refractivity contribution is 7.80. The molecule has 0 spiro atoms. The van der Waals surface area contributed by atoms with Gasteiger partial charge in [-0.15, -0.1) is 0 Å². The largest absolute Gasteiger partial charge is 0.362 e. The average Bonchev–Trinajstić information content (AvgIpc) is 2.79. The maximum absolute atomic E-state index is 11.8. The van der Waals surface area contributed by atoms with E-state index in [4.69, 9.17) is 12.2 Å². The first-order valence-corrected chi connectivity index (χ1v) is 4.93. The summed E-state index contributed by atoms with van der Waals surface area (Å²) in [7, 11) is 3.47. The standard InChI is InChI=1S/C10H11N3OS/c1-12-8(6-7-4-3-5-11-7)9(14)13(2)10(12)15/h3-6,11H,1-2H3/b8-6+. The summed E-state index contributed by atoms with van der Waals surface area (Å²) in [6, 6.07) is 3.78. The normalized spacial score (nSPS) is 19.5. The minimum absolute atomic E-state index is 0.0721. The van der Waals surface area contributed by atoms with E-state index in [-0.39, 0.29) is 5.91 Å². The van der Waals surface area contributed by atoms with Crippen molar-refractivity contribution in [3.63, 3.8) is 0 Å². The van der Waals surface area contributed by atoms with Crippen molar-refractivity contribution < 1.29 is 4.79 Å². The van der Waals surface area contributed by atoms with E-state index in [1.807, 2.05) is 18.3 Å². The first-order chi connectivity index (χ1) is 7.11. The number of hydrogen-bond acceptors (Lipinski definition) is 2. The first kappa shape index (κ1) is 9.92. The molecule has 1 aromatic rings. The Morgan fingerprint density at radius 1 is 1.40 bits per heavy atom. The number of aromatic nitrogens is 1. The van der Waals surface area contributed by atoms with E-state index in [2.05, 4.69) is 4.98 Å². The third-order valence-electron chi connectivity index (χ3n) is 2.37. The van der Waals surface area contributed by atoms with Crippen molar-refractivity contribution in [2.75, 3.05) is 14.1 Å². The molecule has 0 bridgehead atoms. The van der Waals surface area contributed by atoms with Crippen LogP contribution in [0.25, 0.3) is 6.08 Å². The Labute approximate surface area is 93.2 Å². The Balaban J connectivity index is 2.38. The second-order valence-corrected chi connectivity index (χ2v) is 3.73. The summed E-state index contributed by atoms with van der Waals surface area (Å²) in [4.78, 5) is 18.0. The number of hydrogen-bond donors (Lipinski definition) is 1. The summed E-state index contributed by atoms with van der Waals surface area (Å²) in [5.74, 6) is -0.0721. The second-order valence-electron chi connectivity index (χ2n) is 3.36. The molecule has 0 saturated carbocycles. The minimum Gasteiger partial charge on any atom is -0.362 e. The lowest BCUT2D eigenvalue weighted by Gasteiger charge is -2.10. The monoisotopic (exact) mass is 221 g/mol. The van der Waals surface area contributed by atoms with Crippen LogP contribution in [0.4, 0.5) is 0 Å². The van der Waals surface area contributed by atoms with E-state index in [0.717, 1.165) is 5.69 Å². The van der Waals surface area contributed by atoms with Crippen LogP contribution in [0.1, 0.15) is 5.69 Å². The number of aromatic amines is 1. The van der Waals surface area contributed by atoms with Crippen LogP contribution < -0.4 is 0 Å². The van der Waals surface area contributed by atoms with Gasteiger partial charge in [0.15, 0.2) is 5.11 Å². The van der Waals surface area contributed by atoms with Crippen LogP contribution >= 0.6 is 12.2 Å². The topological polar surface area (TPSA) is 39.3 Å². The summed E-state index contributed by atoms with van der Waals surface area (Å²) >= 11 is 5.09. The van der Waals surface area contributed by atoms with Crippen LogP contribution in [0.5, 0.6) is 0 Å². The van der Waals surface area contributed by atoms with Crippen molar-refractivity contribution in [2.24, 2.45) is 0 Å². The fourth-order valence-corrected chi connectivity index (χ4v) is 1.65. The van der Waals surface area contributed by atoms with Gasteiger partial charge in [-0.3, -0.25) is 9.69 Å². The SMILES string of the molecule is CN1C(=O)/C(=C\c2ccc[nH]2)N(C)C1=S. The van der Waals surface area contributed by atoms with Crippen molar-refractivity contribution in [1.82, 2.24) is 14.8 Å². The quantitative estimate of drug-likeness (QED) is 0.569. The van der Waals surface area contributed by atoms with Gasteiger partial charge in [-0.25, -0.2) is 0 Å². The number of amides is 1. The van der Waals surface area contributed by atoms with Gasteiger partial charge in [0.1, 0.15) is 5.70 Å². The van der Waals surface area contributed by atoms with Gasteiger partial charge < -0.3 is 9.88 Å². The number of thiocarbonyl (C=S) groups is 1. The third kappa shape index (κ3) is 1.55. The highest BCUT2D eigenvalue weighted by Crippen LogP contribution is 2.19. The lowest BCUT2D eigenvalue weighted by Crippen LogP contribution is -2.26. The molecule has 78 valence electrons. The molecular formula is C10H11N3OS. The summed E-state index contributed by atoms with van der Waals surface area (Å²) in [6.45, 7) is 0. The molecule has 1 fully saturated rings. The molecule has 2 heterocycles. The summed E-state index contributed by atoms with van der Waals surface area (Å²) in [5.41, 5.74) is 1.48. The molecule has 1 saturated heterocycles. The number of H-pyrrole nitrogens is 1. The van der Waals surface area contributed by atoms with Crippen LogP contribution in [0.3, 0.4) is 0 Å². The molecule has 1 aromatic heterocycles. The predicted molar refractivity (Wildman–Crippen MR) is 61.9 cm³/mol. The highest BCUT2D eigenvalue weighted by Gasteiger charge is 2.32. The first-order valence-electron chi connectivity index (χ1n) is 4.52. The van der Waals surface area contributed by atoms with E-state index in [0.29, 0.717) is 10.8 Å². The van der Waals surface area contributed by atoms with Gasteiger partial charge in [0.2, 0.25) is 0 Å². The van der Waals surface area contributed by atoms with Gasteiger partial charge in [0.25, 0.3) is 5.91 Å². The third-order valence-corrected chi connectivity index (χ3v) is 2.92. The highest BCUT2D eigenvalue weighted by atomic mass is 32.1. The van der Waals surface area contributed by atoms with Crippen LogP contribution in [-0.4, -0.2) is 39.9 Å². The second kappa shape index (κ2) is 3.51. The van der Waals surface area contributed by atoms with Crippen LogP contribution in [-0.2, 0) is 4.79 Å². The van der Waals surface area contributed by atoms with Gasteiger partial charge in [-0.05, 0) is 30.4 Å². The van der Waals surface area contributed by atoms with Gasteiger partial charge in [0, 0.05) is 26.0 Å². The number of carbonyl (C=O) groups is 1. The zero-order valence-corrected chi connectivity index (χ0v) is 9.34. The molecular weight excluding hydrogens is 210 g/mol. The molecule has 4 nitrogen and oxygen atoms in total. The van der Waals surface area contributed by atoms with Gasteiger partial charge in [0.05, 0.1) is 0 Å². The summed E-state index contributed by atoms with van der Waals surface area (Å²) in [5, 5.41) is 0.526. The van der Waals surface area contributed by atoms with Gasteiger partial charge in [-0.1, -0.05) is 0 Å². The van der Waals surface area contributed by atoms with Crippen molar-refractivity contribution in [3.8, 4) is 0 Å². The lowest BCUT2D eigenvalue weighted by molar-refractivity contribution is -0.121. The average molecular weight is 221 g/mol. The lowest BCUT2D eigenvalue weighted by atomic mass is 10.3. The number of likely N-dealkylation sites (N-methyl/N-ethyl adjacent to an activating group) is 2. The molecule has 0 atom stereocenters. The number of nitrogens with zero attached hydrogens (tertiary/aromatic N) is 2. The molecule has 1 aliphatic rings. The van der Waals surface area contributed by atoms with E-state index in [1.54, 1.807) is 25.1 Å². The molecule has 0 aromatic carbocycles. The van der Waals surface area contributed by atoms with Crippen LogP contribution in [0.2, 0.25) is 0 Å². The molecule has 2 rings (SSSR count). The maximum atomic E-state index is 11.8. The van der Waals surface area contributed by atoms with Crippen LogP contribution in [0, 0.1) is 0 Å². The van der Waals surface area contributed by atoms with Crippen LogP contribution in [0.15, 0.2) is 24.0 Å². The van der Waals surface area contributed by atoms with E-state index in [1.165, 1.54) is 4.90 Å². The molecule has 1 N–H and O–H groups in total. The van der Waals surface area contributed by atoms with Crippen molar-refractivity contribution in [3.05, 3.63) is 29.7 Å². The number of carbonyl (C=O) groups excluding carboxylic acids is 1. The van der Waals surface area contributed by atoms with Crippen molar-refractivity contribution >= 4 is 29.3 Å². The molecule has 15 heavy (non-hydrogen) atoms. The van der Waals surface area contributed by atoms with Gasteiger partial charge in [-0.2, -0.15) is 0 Å². The van der Waals surface area contributed by atoms with Crippen molar-refractivity contribution in [1.29, 1.82) is 0 Å². The van der Waals surface area contributed by atoms with Crippen molar-refractivity contribution in [2.45, 2.75) is 0 Å². The molecule has 0 unspecified atom stereocenters. The zero-order chi connectivity index (χ0) is 11.0. The Kier molecular flexibility index (Phi) is 2.32. The Morgan fingerprint density at radius 2 is 2.13 bits per heavy atom. The maximum Gasteiger partial charge on any atom is 0.276 e. The Bertz CT molecular complexity index is 436. The molecule has 0 radical (unpaired) electrons. The van der Waals surface area contributed by atoms with E-state index >= 15 is 0 Å². The number of nitrogens with one attached hydrogen (secondary N) is 1. The van der Waals surface area contributed by atoms with E-state index < -0.39 is 0 Å². The molecule has 1 amide bonds. The fourth-order valence-electron chi connectivity index (χ4n) is 1.47. The number of rotatable bonds is 1. The fraction of sp³-hybridized carbons (Fsp3) is 0.200. The minimum atomic E-state index is -0.0721. The molecule has 1 aliphatic heterocycles. The summed E-state index contributed by atoms with van der Waals surface area (Å²) < 4.78 is 0. The molecule has 0 aliphatic carbocycles. The smallest absolute Gasteiger partial charge is 0.276 e. The summed E-state index contributed by atoms with van der Waals surface area (Å²) in [6.07, 6.45) is 3.60. The molecule has 5 heteroatoms. The Hall–Kier alpha value is -1.62. The van der Waals surface area contributed by atoms with Gasteiger partial charge >= 0.3 is 0 Å². The Morgan fingerprint density at radius 3 is 2.60 bits per heavy atom.